The van der Waals surface area contributed by atoms with Crippen molar-refractivity contribution in [3.8, 4) is 5.75 Å². The third-order valence-corrected chi connectivity index (χ3v) is 3.71. The quantitative estimate of drug-likeness (QED) is 0.894. The highest BCUT2D eigenvalue weighted by Crippen LogP contribution is 2.20. The lowest BCUT2D eigenvalue weighted by atomic mass is 10.0. The van der Waals surface area contributed by atoms with E-state index in [0.29, 0.717) is 25.9 Å². The van der Waals surface area contributed by atoms with E-state index in [2.05, 4.69) is 5.32 Å². The predicted octanol–water partition coefficient (Wildman–Crippen LogP) is 2.99. The van der Waals surface area contributed by atoms with Gasteiger partial charge in [0, 0.05) is 13.1 Å². The van der Waals surface area contributed by atoms with Crippen molar-refractivity contribution >= 4 is 6.03 Å². The van der Waals surface area contributed by atoms with E-state index < -0.39 is 6.17 Å². The summed E-state index contributed by atoms with van der Waals surface area (Å²) in [4.78, 5) is 13.8. The second kappa shape index (κ2) is 6.59. The Labute approximate surface area is 118 Å². The molecule has 1 heterocycles. The molecule has 20 heavy (non-hydrogen) atoms. The van der Waals surface area contributed by atoms with Crippen molar-refractivity contribution in [3.05, 3.63) is 29.8 Å². The molecule has 0 aliphatic carbocycles. The predicted molar refractivity (Wildman–Crippen MR) is 75.4 cm³/mol. The van der Waals surface area contributed by atoms with Crippen molar-refractivity contribution in [3.63, 3.8) is 0 Å². The van der Waals surface area contributed by atoms with Crippen molar-refractivity contribution < 1.29 is 14.3 Å². The molecule has 0 saturated carbocycles. The molecule has 1 aromatic rings. The summed E-state index contributed by atoms with van der Waals surface area (Å²) in [5.74, 6) is 0.208. The van der Waals surface area contributed by atoms with Crippen molar-refractivity contribution in [1.82, 2.24) is 10.2 Å². The van der Waals surface area contributed by atoms with E-state index in [4.69, 9.17) is 0 Å². The summed E-state index contributed by atoms with van der Waals surface area (Å²) in [6.45, 7) is 2.93. The number of hydrogen-bond acceptors (Lipinski definition) is 2. The molecule has 0 radical (unpaired) electrons. The zero-order chi connectivity index (χ0) is 14.5. The summed E-state index contributed by atoms with van der Waals surface area (Å²) < 4.78 is 13.1. The highest BCUT2D eigenvalue weighted by Gasteiger charge is 2.23. The second-order valence-electron chi connectivity index (χ2n) is 5.16. The number of amides is 2. The maximum atomic E-state index is 13.1. The zero-order valence-electron chi connectivity index (χ0n) is 11.7. The first-order valence-corrected chi connectivity index (χ1v) is 7.08. The van der Waals surface area contributed by atoms with Crippen LogP contribution in [-0.2, 0) is 0 Å². The maximum Gasteiger partial charge on any atom is 0.317 e. The molecule has 0 bridgehead atoms. The number of aromatic hydroxyl groups is 1. The average Bonchev–Trinajstić information content (AvgIpc) is 2.46. The number of urea groups is 1. The Balaban J connectivity index is 1.95. The molecule has 0 aromatic heterocycles. The van der Waals surface area contributed by atoms with Gasteiger partial charge in [-0.2, -0.15) is 0 Å². The van der Waals surface area contributed by atoms with Gasteiger partial charge in [-0.1, -0.05) is 19.1 Å². The smallest absolute Gasteiger partial charge is 0.317 e. The van der Waals surface area contributed by atoms with Gasteiger partial charge >= 0.3 is 6.03 Å². The SMILES string of the molecule is CCC(NC(=O)N1CCC(F)CC1)c1ccc(O)cc1. The number of likely N-dealkylation sites (tertiary alicyclic amines) is 1. The Morgan fingerprint density at radius 1 is 1.40 bits per heavy atom. The van der Waals surface area contributed by atoms with Crippen LogP contribution in [0.5, 0.6) is 5.75 Å². The van der Waals surface area contributed by atoms with E-state index in [1.807, 2.05) is 6.92 Å². The van der Waals surface area contributed by atoms with Gasteiger partial charge in [0.05, 0.1) is 6.04 Å². The van der Waals surface area contributed by atoms with E-state index in [1.165, 1.54) is 0 Å². The minimum absolute atomic E-state index is 0.0915. The zero-order valence-corrected chi connectivity index (χ0v) is 11.7. The van der Waals surface area contributed by atoms with Gasteiger partial charge in [-0.05, 0) is 37.0 Å². The minimum atomic E-state index is -0.780. The minimum Gasteiger partial charge on any atom is -0.508 e. The third kappa shape index (κ3) is 3.62. The normalized spacial score (nSPS) is 17.8. The number of rotatable bonds is 3. The Morgan fingerprint density at radius 2 is 2.00 bits per heavy atom. The molecule has 2 N–H and O–H groups in total. The van der Waals surface area contributed by atoms with Gasteiger partial charge in [-0.3, -0.25) is 0 Å². The van der Waals surface area contributed by atoms with Crippen LogP contribution >= 0.6 is 0 Å². The lowest BCUT2D eigenvalue weighted by molar-refractivity contribution is 0.150. The van der Waals surface area contributed by atoms with Gasteiger partial charge in [0.1, 0.15) is 11.9 Å². The molecular weight excluding hydrogens is 259 g/mol. The standard InChI is InChI=1S/C15H21FN2O2/c1-2-14(11-3-5-13(19)6-4-11)17-15(20)18-9-7-12(16)8-10-18/h3-6,12,14,19H,2,7-10H2,1H3,(H,17,20). The lowest BCUT2D eigenvalue weighted by Crippen LogP contribution is -2.45. The number of carbonyl (C=O) groups excluding carboxylic acids is 1. The first-order valence-electron chi connectivity index (χ1n) is 7.08. The van der Waals surface area contributed by atoms with Gasteiger partial charge in [0.25, 0.3) is 0 Å². The summed E-state index contributed by atoms with van der Waals surface area (Å²) in [6, 6.07) is 6.59. The molecule has 1 saturated heterocycles. The van der Waals surface area contributed by atoms with Gasteiger partial charge in [0.2, 0.25) is 0 Å². The van der Waals surface area contributed by atoms with Crippen LogP contribution in [0.4, 0.5) is 9.18 Å². The third-order valence-electron chi connectivity index (χ3n) is 3.71. The number of phenols is 1. The first-order chi connectivity index (χ1) is 9.60. The van der Waals surface area contributed by atoms with Crippen molar-refractivity contribution in [2.75, 3.05) is 13.1 Å². The summed E-state index contributed by atoms with van der Waals surface area (Å²) in [6.07, 6.45) is 0.821. The fourth-order valence-electron chi connectivity index (χ4n) is 2.42. The van der Waals surface area contributed by atoms with Gasteiger partial charge in [-0.25, -0.2) is 9.18 Å². The molecule has 1 fully saturated rings. The monoisotopic (exact) mass is 280 g/mol. The first kappa shape index (κ1) is 14.6. The topological polar surface area (TPSA) is 52.6 Å². The fraction of sp³-hybridized carbons (Fsp3) is 0.533. The van der Waals surface area contributed by atoms with E-state index in [9.17, 15) is 14.3 Å². The molecule has 0 spiro atoms. The number of nitrogens with one attached hydrogen (secondary N) is 1. The number of nitrogens with zero attached hydrogens (tertiary/aromatic N) is 1. The number of carbonyl (C=O) groups is 1. The molecule has 5 heteroatoms. The molecule has 2 rings (SSSR count). The highest BCUT2D eigenvalue weighted by molar-refractivity contribution is 5.74. The Hall–Kier alpha value is -1.78. The Morgan fingerprint density at radius 3 is 2.55 bits per heavy atom. The van der Waals surface area contributed by atoms with E-state index >= 15 is 0 Å². The van der Waals surface area contributed by atoms with E-state index in [-0.39, 0.29) is 17.8 Å². The van der Waals surface area contributed by atoms with E-state index in [1.54, 1.807) is 29.2 Å². The number of benzene rings is 1. The van der Waals surface area contributed by atoms with Crippen LogP contribution < -0.4 is 5.32 Å². The molecular formula is C15H21FN2O2. The summed E-state index contributed by atoms with van der Waals surface area (Å²) >= 11 is 0. The lowest BCUT2D eigenvalue weighted by Gasteiger charge is -2.30. The fourth-order valence-corrected chi connectivity index (χ4v) is 2.42. The van der Waals surface area contributed by atoms with Gasteiger partial charge in [0.15, 0.2) is 0 Å². The van der Waals surface area contributed by atoms with Crippen LogP contribution in [0.15, 0.2) is 24.3 Å². The van der Waals surface area contributed by atoms with Crippen LogP contribution in [0.25, 0.3) is 0 Å². The second-order valence-corrected chi connectivity index (χ2v) is 5.16. The number of phenolic OH excluding ortho intramolecular Hbond substituents is 1. The Bertz CT molecular complexity index is 442. The highest BCUT2D eigenvalue weighted by atomic mass is 19.1. The Kier molecular flexibility index (Phi) is 4.82. The van der Waals surface area contributed by atoms with Crippen LogP contribution in [0.2, 0.25) is 0 Å². The molecule has 1 unspecified atom stereocenters. The van der Waals surface area contributed by atoms with Crippen molar-refractivity contribution in [2.24, 2.45) is 0 Å². The molecule has 1 aliphatic rings. The number of piperidine rings is 1. The summed E-state index contributed by atoms with van der Waals surface area (Å²) in [7, 11) is 0. The van der Waals surface area contributed by atoms with Crippen LogP contribution in [0, 0.1) is 0 Å². The van der Waals surface area contributed by atoms with Crippen LogP contribution in [0.3, 0.4) is 0 Å². The van der Waals surface area contributed by atoms with Gasteiger partial charge in [-0.15, -0.1) is 0 Å². The summed E-state index contributed by atoms with van der Waals surface area (Å²) in [5, 5.41) is 12.3. The molecule has 1 aliphatic heterocycles. The molecule has 1 aromatic carbocycles. The molecule has 110 valence electrons. The molecule has 4 nitrogen and oxygen atoms in total. The summed E-state index contributed by atoms with van der Waals surface area (Å²) in [5.41, 5.74) is 0.957. The largest absolute Gasteiger partial charge is 0.508 e. The molecule has 2 amide bonds. The maximum absolute atomic E-state index is 13.1. The number of alkyl halides is 1. The average molecular weight is 280 g/mol. The van der Waals surface area contributed by atoms with Crippen LogP contribution in [-0.4, -0.2) is 35.3 Å². The van der Waals surface area contributed by atoms with E-state index in [0.717, 1.165) is 12.0 Å². The van der Waals surface area contributed by atoms with Gasteiger partial charge < -0.3 is 15.3 Å². The van der Waals surface area contributed by atoms with Crippen molar-refractivity contribution in [2.45, 2.75) is 38.4 Å². The molecule has 1 atom stereocenters. The number of halogens is 1. The van der Waals surface area contributed by atoms with Crippen molar-refractivity contribution in [1.29, 1.82) is 0 Å². The number of hydrogen-bond donors (Lipinski definition) is 2. The van der Waals surface area contributed by atoms with Crippen LogP contribution in [0.1, 0.15) is 37.8 Å².